The van der Waals surface area contributed by atoms with E-state index < -0.39 is 0 Å². The van der Waals surface area contributed by atoms with Crippen LogP contribution in [0.4, 0.5) is 0 Å². The predicted molar refractivity (Wildman–Crippen MR) is 120 cm³/mol. The summed E-state index contributed by atoms with van der Waals surface area (Å²) in [6, 6.07) is 8.48. The Labute approximate surface area is 189 Å². The first-order valence-electron chi connectivity index (χ1n) is 10.8. The van der Waals surface area contributed by atoms with Gasteiger partial charge in [0.15, 0.2) is 0 Å². The molecule has 0 spiro atoms. The van der Waals surface area contributed by atoms with Gasteiger partial charge < -0.3 is 5.32 Å². The van der Waals surface area contributed by atoms with E-state index in [1.807, 2.05) is 17.5 Å². The minimum absolute atomic E-state index is 0.0346. The topological polar surface area (TPSA) is 92.3 Å². The molecule has 3 amide bonds. The van der Waals surface area contributed by atoms with E-state index in [1.54, 1.807) is 24.5 Å². The molecule has 32 heavy (non-hydrogen) atoms. The number of imide groups is 1. The molecule has 1 saturated carbocycles. The van der Waals surface area contributed by atoms with E-state index in [9.17, 15) is 14.4 Å². The molecular weight excluding hydrogens is 424 g/mol. The van der Waals surface area contributed by atoms with Crippen molar-refractivity contribution in [3.05, 3.63) is 70.5 Å². The molecule has 3 heterocycles. The molecule has 2 aromatic heterocycles. The quantitative estimate of drug-likeness (QED) is 0.597. The number of nitrogens with one attached hydrogen (secondary N) is 1. The number of pyridine rings is 1. The molecule has 0 atom stereocenters. The Balaban J connectivity index is 1.27. The van der Waals surface area contributed by atoms with Crippen LogP contribution in [0.25, 0.3) is 10.6 Å². The van der Waals surface area contributed by atoms with Crippen LogP contribution in [-0.2, 0) is 6.54 Å². The summed E-state index contributed by atoms with van der Waals surface area (Å²) in [6.45, 7) is 0.276. The van der Waals surface area contributed by atoms with Crippen LogP contribution in [0, 0.1) is 0 Å². The third-order valence-corrected chi connectivity index (χ3v) is 6.97. The zero-order valence-corrected chi connectivity index (χ0v) is 18.2. The number of benzene rings is 1. The van der Waals surface area contributed by atoms with Crippen LogP contribution >= 0.6 is 11.3 Å². The van der Waals surface area contributed by atoms with Crippen LogP contribution in [0.2, 0.25) is 0 Å². The highest BCUT2D eigenvalue weighted by molar-refractivity contribution is 7.13. The van der Waals surface area contributed by atoms with Gasteiger partial charge in [-0.15, -0.1) is 11.3 Å². The van der Waals surface area contributed by atoms with Crippen molar-refractivity contribution in [3.8, 4) is 10.6 Å². The molecule has 2 aliphatic rings. The molecule has 5 rings (SSSR count). The third-order valence-electron chi connectivity index (χ3n) is 6.03. The Hall–Kier alpha value is -3.39. The van der Waals surface area contributed by atoms with Crippen molar-refractivity contribution < 1.29 is 14.4 Å². The standard InChI is InChI=1S/C24H22N4O3S/c29-21(26-13-17-14-32-22(27-17)15-8-10-25-11-9-15)16-6-7-19-20(12-16)24(31)28(23(19)30)18-4-2-1-3-5-18/h6-12,14,18H,1-5,13H2,(H,26,29). The average molecular weight is 447 g/mol. The van der Waals surface area contributed by atoms with Gasteiger partial charge in [-0.25, -0.2) is 4.98 Å². The van der Waals surface area contributed by atoms with Crippen molar-refractivity contribution in [2.45, 2.75) is 44.7 Å². The van der Waals surface area contributed by atoms with Gasteiger partial charge in [0, 0.05) is 34.9 Å². The van der Waals surface area contributed by atoms with Crippen molar-refractivity contribution in [3.63, 3.8) is 0 Å². The minimum Gasteiger partial charge on any atom is -0.346 e. The molecule has 1 aromatic carbocycles. The number of hydrogen-bond donors (Lipinski definition) is 1. The second kappa shape index (κ2) is 8.63. The summed E-state index contributed by atoms with van der Waals surface area (Å²) in [5, 5.41) is 5.62. The first kappa shape index (κ1) is 20.5. The summed E-state index contributed by atoms with van der Waals surface area (Å²) in [4.78, 5) is 48.5. The number of thiazole rings is 1. The normalized spacial score (nSPS) is 16.3. The molecule has 1 fully saturated rings. The fourth-order valence-electron chi connectivity index (χ4n) is 4.36. The van der Waals surface area contributed by atoms with E-state index in [1.165, 1.54) is 22.3 Å². The van der Waals surface area contributed by atoms with E-state index >= 15 is 0 Å². The zero-order chi connectivity index (χ0) is 22.1. The Morgan fingerprint density at radius 2 is 1.78 bits per heavy atom. The molecule has 0 radical (unpaired) electrons. The van der Waals surface area contributed by atoms with Crippen molar-refractivity contribution in [2.75, 3.05) is 0 Å². The number of carbonyl (C=O) groups excluding carboxylic acids is 3. The van der Waals surface area contributed by atoms with Crippen LogP contribution in [0.3, 0.4) is 0 Å². The fourth-order valence-corrected chi connectivity index (χ4v) is 5.19. The Bertz CT molecular complexity index is 1180. The largest absolute Gasteiger partial charge is 0.346 e. The molecule has 1 aliphatic heterocycles. The van der Waals surface area contributed by atoms with Crippen LogP contribution in [0.15, 0.2) is 48.1 Å². The van der Waals surface area contributed by atoms with Crippen LogP contribution < -0.4 is 5.32 Å². The highest BCUT2D eigenvalue weighted by Crippen LogP contribution is 2.31. The lowest BCUT2D eigenvalue weighted by Crippen LogP contribution is -2.40. The smallest absolute Gasteiger partial charge is 0.261 e. The highest BCUT2D eigenvalue weighted by atomic mass is 32.1. The number of aromatic nitrogens is 2. The van der Waals surface area contributed by atoms with Crippen molar-refractivity contribution in [1.82, 2.24) is 20.2 Å². The van der Waals surface area contributed by atoms with Gasteiger partial charge in [0.05, 0.1) is 23.4 Å². The van der Waals surface area contributed by atoms with Gasteiger partial charge in [-0.3, -0.25) is 24.3 Å². The second-order valence-corrected chi connectivity index (χ2v) is 8.95. The van der Waals surface area contributed by atoms with E-state index in [-0.39, 0.29) is 30.3 Å². The lowest BCUT2D eigenvalue weighted by atomic mass is 9.94. The van der Waals surface area contributed by atoms with Gasteiger partial charge >= 0.3 is 0 Å². The molecule has 1 N–H and O–H groups in total. The maximum atomic E-state index is 13.0. The zero-order valence-electron chi connectivity index (χ0n) is 17.4. The number of fused-ring (bicyclic) bond motifs is 1. The molecule has 0 bridgehead atoms. The van der Waals surface area contributed by atoms with Crippen LogP contribution in [0.5, 0.6) is 0 Å². The number of carbonyl (C=O) groups is 3. The molecular formula is C24H22N4O3S. The Morgan fingerprint density at radius 3 is 2.56 bits per heavy atom. The van der Waals surface area contributed by atoms with Crippen molar-refractivity contribution in [1.29, 1.82) is 0 Å². The molecule has 162 valence electrons. The molecule has 0 saturated heterocycles. The summed E-state index contributed by atoms with van der Waals surface area (Å²) >= 11 is 1.50. The maximum absolute atomic E-state index is 13.0. The predicted octanol–water partition coefficient (Wildman–Crippen LogP) is 4.06. The van der Waals surface area contributed by atoms with E-state index in [0.29, 0.717) is 16.7 Å². The highest BCUT2D eigenvalue weighted by Gasteiger charge is 2.40. The van der Waals surface area contributed by atoms with Gasteiger partial charge in [-0.05, 0) is 43.2 Å². The second-order valence-electron chi connectivity index (χ2n) is 8.10. The van der Waals surface area contributed by atoms with Crippen molar-refractivity contribution >= 4 is 29.1 Å². The summed E-state index contributed by atoms with van der Waals surface area (Å²) < 4.78 is 0. The van der Waals surface area contributed by atoms with Gasteiger partial charge in [0.2, 0.25) is 0 Å². The molecule has 7 nitrogen and oxygen atoms in total. The summed E-state index contributed by atoms with van der Waals surface area (Å²) in [5.41, 5.74) is 2.80. The molecule has 0 unspecified atom stereocenters. The van der Waals surface area contributed by atoms with E-state index in [0.717, 1.165) is 48.4 Å². The fraction of sp³-hybridized carbons (Fsp3) is 0.292. The van der Waals surface area contributed by atoms with Crippen molar-refractivity contribution in [2.24, 2.45) is 0 Å². The number of nitrogens with zero attached hydrogens (tertiary/aromatic N) is 3. The van der Waals surface area contributed by atoms with Gasteiger partial charge in [-0.1, -0.05) is 19.3 Å². The third kappa shape index (κ3) is 3.82. The Kier molecular flexibility index (Phi) is 5.53. The summed E-state index contributed by atoms with van der Waals surface area (Å²) in [7, 11) is 0. The number of amides is 3. The minimum atomic E-state index is -0.303. The lowest BCUT2D eigenvalue weighted by Gasteiger charge is -2.29. The summed E-state index contributed by atoms with van der Waals surface area (Å²) in [6.07, 6.45) is 8.35. The van der Waals surface area contributed by atoms with Crippen LogP contribution in [-0.4, -0.2) is 38.6 Å². The first-order chi connectivity index (χ1) is 15.6. The maximum Gasteiger partial charge on any atom is 0.261 e. The monoisotopic (exact) mass is 446 g/mol. The van der Waals surface area contributed by atoms with Gasteiger partial charge in [0.25, 0.3) is 17.7 Å². The van der Waals surface area contributed by atoms with Gasteiger partial charge in [0.1, 0.15) is 5.01 Å². The molecule has 8 heteroatoms. The summed E-state index contributed by atoms with van der Waals surface area (Å²) in [5.74, 6) is -0.828. The van der Waals surface area contributed by atoms with E-state index in [2.05, 4.69) is 15.3 Å². The SMILES string of the molecule is O=C(NCc1csc(-c2ccncc2)n1)c1ccc2c(c1)C(=O)N(C1CCCCC1)C2=O. The first-order valence-corrected chi connectivity index (χ1v) is 11.6. The lowest BCUT2D eigenvalue weighted by molar-refractivity contribution is 0.0549. The number of rotatable bonds is 5. The molecule has 1 aliphatic carbocycles. The van der Waals surface area contributed by atoms with E-state index in [4.69, 9.17) is 0 Å². The molecule has 3 aromatic rings. The average Bonchev–Trinajstić information content (AvgIpc) is 3.41. The Morgan fingerprint density at radius 1 is 1.03 bits per heavy atom. The number of hydrogen-bond acceptors (Lipinski definition) is 6. The van der Waals surface area contributed by atoms with Crippen LogP contribution in [0.1, 0.15) is 68.9 Å². The van der Waals surface area contributed by atoms with Gasteiger partial charge in [-0.2, -0.15) is 0 Å².